The lowest BCUT2D eigenvalue weighted by Gasteiger charge is -2.29. The van der Waals surface area contributed by atoms with Crippen molar-refractivity contribution in [2.45, 2.75) is 13.0 Å². The normalized spacial score (nSPS) is 12.9. The summed E-state index contributed by atoms with van der Waals surface area (Å²) >= 11 is 0. The fourth-order valence-electron chi connectivity index (χ4n) is 1.80. The van der Waals surface area contributed by atoms with Crippen LogP contribution in [0.4, 0.5) is 14.5 Å². The molecule has 0 fully saturated rings. The molecular formula is C12H16F2N2O3S. The third-order valence-electron chi connectivity index (χ3n) is 2.66. The Labute approximate surface area is 116 Å². The lowest BCUT2D eigenvalue weighted by molar-refractivity contribution is -0.129. The van der Waals surface area contributed by atoms with Gasteiger partial charge in [-0.05, 0) is 19.1 Å². The van der Waals surface area contributed by atoms with Gasteiger partial charge in [0.1, 0.15) is 6.04 Å². The summed E-state index contributed by atoms with van der Waals surface area (Å²) in [5.74, 6) is -2.74. The molecule has 0 aliphatic rings. The van der Waals surface area contributed by atoms with Gasteiger partial charge in [0.05, 0.1) is 11.9 Å². The van der Waals surface area contributed by atoms with Crippen LogP contribution >= 0.6 is 0 Å². The van der Waals surface area contributed by atoms with Gasteiger partial charge in [0, 0.05) is 20.2 Å². The Balaban J connectivity index is 3.34. The smallest absolute Gasteiger partial charge is 0.245 e. The van der Waals surface area contributed by atoms with E-state index >= 15 is 0 Å². The number of halogens is 2. The largest absolute Gasteiger partial charge is 0.347 e. The molecule has 0 spiro atoms. The summed E-state index contributed by atoms with van der Waals surface area (Å²) in [6, 6.07) is 1.61. The number of benzene rings is 1. The third-order valence-corrected chi connectivity index (χ3v) is 3.91. The number of carbonyl (C=O) groups is 1. The van der Waals surface area contributed by atoms with Crippen LogP contribution < -0.4 is 4.31 Å². The predicted molar refractivity (Wildman–Crippen MR) is 71.8 cm³/mol. The Morgan fingerprint density at radius 1 is 1.20 bits per heavy atom. The first-order valence-electron chi connectivity index (χ1n) is 5.71. The molecule has 1 amide bonds. The van der Waals surface area contributed by atoms with Gasteiger partial charge in [-0.2, -0.15) is 0 Å². The second-order valence-electron chi connectivity index (χ2n) is 4.57. The zero-order valence-corrected chi connectivity index (χ0v) is 12.4. The molecule has 0 N–H and O–H groups in total. The van der Waals surface area contributed by atoms with Gasteiger partial charge in [0.2, 0.25) is 15.9 Å². The molecule has 0 aromatic heterocycles. The van der Waals surface area contributed by atoms with Gasteiger partial charge in [-0.3, -0.25) is 9.10 Å². The lowest BCUT2D eigenvalue weighted by Crippen LogP contribution is -2.47. The van der Waals surface area contributed by atoms with Gasteiger partial charge >= 0.3 is 0 Å². The van der Waals surface area contributed by atoms with Crippen LogP contribution in [0.25, 0.3) is 0 Å². The predicted octanol–water partition coefficient (Wildman–Crippen LogP) is 1.21. The average molecular weight is 306 g/mol. The molecule has 5 nitrogen and oxygen atoms in total. The molecule has 1 aromatic carbocycles. The molecule has 0 saturated carbocycles. The van der Waals surface area contributed by atoms with E-state index in [-0.39, 0.29) is 5.69 Å². The van der Waals surface area contributed by atoms with Gasteiger partial charge in [0.15, 0.2) is 11.6 Å². The van der Waals surface area contributed by atoms with Crippen LogP contribution in [-0.4, -0.2) is 45.6 Å². The molecule has 1 unspecified atom stereocenters. The van der Waals surface area contributed by atoms with Crippen molar-refractivity contribution in [2.24, 2.45) is 0 Å². The molecular weight excluding hydrogens is 290 g/mol. The van der Waals surface area contributed by atoms with Crippen LogP contribution in [0, 0.1) is 11.6 Å². The van der Waals surface area contributed by atoms with Crippen molar-refractivity contribution in [3.63, 3.8) is 0 Å². The maximum absolute atomic E-state index is 13.3. The highest BCUT2D eigenvalue weighted by atomic mass is 32.2. The Hall–Kier alpha value is -1.70. The van der Waals surface area contributed by atoms with Crippen molar-refractivity contribution >= 4 is 21.6 Å². The van der Waals surface area contributed by atoms with E-state index in [1.165, 1.54) is 25.9 Å². The van der Waals surface area contributed by atoms with Crippen LogP contribution in [0.2, 0.25) is 0 Å². The van der Waals surface area contributed by atoms with Gasteiger partial charge in [-0.1, -0.05) is 0 Å². The summed E-state index contributed by atoms with van der Waals surface area (Å²) in [6.45, 7) is 1.38. The molecule has 1 aromatic rings. The van der Waals surface area contributed by atoms with E-state index in [0.717, 1.165) is 28.8 Å². The minimum atomic E-state index is -3.83. The maximum atomic E-state index is 13.3. The molecule has 1 rings (SSSR count). The highest BCUT2D eigenvalue weighted by Crippen LogP contribution is 2.23. The molecule has 0 saturated heterocycles. The fourth-order valence-corrected chi connectivity index (χ4v) is 2.96. The summed E-state index contributed by atoms with van der Waals surface area (Å²) in [5, 5.41) is 0. The highest BCUT2D eigenvalue weighted by Gasteiger charge is 2.30. The monoisotopic (exact) mass is 306 g/mol. The summed E-state index contributed by atoms with van der Waals surface area (Å²) in [7, 11) is -0.875. The number of carbonyl (C=O) groups excluding carboxylic acids is 1. The molecule has 0 heterocycles. The van der Waals surface area contributed by atoms with Crippen molar-refractivity contribution in [3.8, 4) is 0 Å². The van der Waals surface area contributed by atoms with E-state index in [1.807, 2.05) is 0 Å². The van der Waals surface area contributed by atoms with E-state index in [9.17, 15) is 22.0 Å². The Bertz CT molecular complexity index is 617. The minimum absolute atomic E-state index is 0.103. The van der Waals surface area contributed by atoms with Gasteiger partial charge in [-0.15, -0.1) is 0 Å². The molecule has 112 valence electrons. The second kappa shape index (κ2) is 5.74. The number of hydrogen-bond donors (Lipinski definition) is 0. The van der Waals surface area contributed by atoms with Crippen molar-refractivity contribution < 1.29 is 22.0 Å². The summed E-state index contributed by atoms with van der Waals surface area (Å²) < 4.78 is 50.6. The minimum Gasteiger partial charge on any atom is -0.347 e. The van der Waals surface area contributed by atoms with Crippen LogP contribution in [0.1, 0.15) is 6.92 Å². The maximum Gasteiger partial charge on any atom is 0.245 e. The number of likely N-dealkylation sites (N-methyl/N-ethyl adjacent to an activating group) is 1. The van der Waals surface area contributed by atoms with Gasteiger partial charge in [0.25, 0.3) is 0 Å². The second-order valence-corrected chi connectivity index (χ2v) is 6.43. The molecule has 0 aliphatic carbocycles. The van der Waals surface area contributed by atoms with Crippen molar-refractivity contribution in [2.75, 3.05) is 24.7 Å². The quantitative estimate of drug-likeness (QED) is 0.840. The zero-order chi connectivity index (χ0) is 15.7. The topological polar surface area (TPSA) is 57.7 Å². The first-order valence-corrected chi connectivity index (χ1v) is 7.56. The molecule has 0 aliphatic heterocycles. The molecule has 8 heteroatoms. The SMILES string of the molecule is CC(C(=O)N(C)C)N(c1ccc(F)c(F)c1)S(C)(=O)=O. The Morgan fingerprint density at radius 2 is 1.75 bits per heavy atom. The Kier molecular flexibility index (Phi) is 4.69. The summed E-state index contributed by atoms with van der Waals surface area (Å²) in [6.07, 6.45) is 0.897. The van der Waals surface area contributed by atoms with Crippen molar-refractivity contribution in [1.29, 1.82) is 0 Å². The first kappa shape index (κ1) is 16.4. The summed E-state index contributed by atoms with van der Waals surface area (Å²) in [4.78, 5) is 13.1. The van der Waals surface area contributed by atoms with E-state index < -0.39 is 33.6 Å². The van der Waals surface area contributed by atoms with E-state index in [4.69, 9.17) is 0 Å². The fraction of sp³-hybridized carbons (Fsp3) is 0.417. The standard InChI is InChI=1S/C12H16F2N2O3S/c1-8(12(17)15(2)3)16(20(4,18)19)9-5-6-10(13)11(14)7-9/h5-8H,1-4H3. The first-order chi connectivity index (χ1) is 9.05. The van der Waals surface area contributed by atoms with Crippen LogP contribution in [0.15, 0.2) is 18.2 Å². The van der Waals surface area contributed by atoms with Crippen molar-refractivity contribution in [1.82, 2.24) is 4.90 Å². The zero-order valence-electron chi connectivity index (χ0n) is 11.6. The van der Waals surface area contributed by atoms with Crippen LogP contribution in [-0.2, 0) is 14.8 Å². The number of anilines is 1. The van der Waals surface area contributed by atoms with E-state index in [1.54, 1.807) is 0 Å². The molecule has 0 radical (unpaired) electrons. The number of rotatable bonds is 4. The average Bonchev–Trinajstić information content (AvgIpc) is 2.30. The molecule has 1 atom stereocenters. The van der Waals surface area contributed by atoms with Gasteiger partial charge in [-0.25, -0.2) is 17.2 Å². The number of hydrogen-bond acceptors (Lipinski definition) is 3. The van der Waals surface area contributed by atoms with Crippen LogP contribution in [0.5, 0.6) is 0 Å². The third kappa shape index (κ3) is 3.44. The number of amides is 1. The molecule has 20 heavy (non-hydrogen) atoms. The van der Waals surface area contributed by atoms with Crippen molar-refractivity contribution in [3.05, 3.63) is 29.8 Å². The van der Waals surface area contributed by atoms with Gasteiger partial charge < -0.3 is 4.90 Å². The number of sulfonamides is 1. The lowest BCUT2D eigenvalue weighted by atomic mass is 10.2. The highest BCUT2D eigenvalue weighted by molar-refractivity contribution is 7.92. The summed E-state index contributed by atoms with van der Waals surface area (Å²) in [5.41, 5.74) is -0.103. The van der Waals surface area contributed by atoms with Crippen LogP contribution in [0.3, 0.4) is 0 Å². The number of nitrogens with zero attached hydrogens (tertiary/aromatic N) is 2. The van der Waals surface area contributed by atoms with E-state index in [2.05, 4.69) is 0 Å². The Morgan fingerprint density at radius 3 is 2.15 bits per heavy atom. The van der Waals surface area contributed by atoms with E-state index in [0.29, 0.717) is 0 Å². The molecule has 0 bridgehead atoms.